The molecule has 1 unspecified atom stereocenters. The lowest BCUT2D eigenvalue weighted by Crippen LogP contribution is -2.45. The molecule has 0 radical (unpaired) electrons. The van der Waals surface area contributed by atoms with Gasteiger partial charge in [-0.15, -0.1) is 0 Å². The second-order valence-corrected chi connectivity index (χ2v) is 3.69. The van der Waals surface area contributed by atoms with Crippen LogP contribution in [-0.4, -0.2) is 49.6 Å². The van der Waals surface area contributed by atoms with Gasteiger partial charge in [-0.05, 0) is 27.3 Å². The van der Waals surface area contributed by atoms with Crippen LogP contribution in [0, 0.1) is 0 Å². The van der Waals surface area contributed by atoms with Gasteiger partial charge in [0, 0.05) is 6.54 Å². The fraction of sp³-hybridized carbons (Fsp3) is 0.818. The Balaban J connectivity index is 4.01. The first-order valence-electron chi connectivity index (χ1n) is 5.66. The van der Waals surface area contributed by atoms with E-state index >= 15 is 0 Å². The van der Waals surface area contributed by atoms with Crippen molar-refractivity contribution in [2.45, 2.75) is 33.2 Å². The molecule has 0 saturated heterocycles. The summed E-state index contributed by atoms with van der Waals surface area (Å²) in [6.45, 7) is 6.68. The van der Waals surface area contributed by atoms with E-state index in [1.54, 1.807) is 25.8 Å². The predicted octanol–water partition coefficient (Wildman–Crippen LogP) is 0.396. The first kappa shape index (κ1) is 14.9. The maximum Gasteiger partial charge on any atom is 0.320 e. The Labute approximate surface area is 97.1 Å². The van der Waals surface area contributed by atoms with Crippen molar-refractivity contribution in [1.82, 2.24) is 10.2 Å². The smallest absolute Gasteiger partial charge is 0.320 e. The van der Waals surface area contributed by atoms with Crippen LogP contribution < -0.4 is 5.32 Å². The molecule has 16 heavy (non-hydrogen) atoms. The maximum atomic E-state index is 11.6. The lowest BCUT2D eigenvalue weighted by molar-refractivity contribution is -0.145. The second-order valence-electron chi connectivity index (χ2n) is 3.69. The highest BCUT2D eigenvalue weighted by molar-refractivity contribution is 5.82. The van der Waals surface area contributed by atoms with E-state index in [9.17, 15) is 9.59 Å². The molecule has 94 valence electrons. The fourth-order valence-electron chi connectivity index (χ4n) is 1.14. The monoisotopic (exact) mass is 230 g/mol. The Bertz CT molecular complexity index is 231. The minimum atomic E-state index is -0.323. The molecule has 0 rings (SSSR count). The maximum absolute atomic E-state index is 11.6. The van der Waals surface area contributed by atoms with Gasteiger partial charge in [-0.2, -0.15) is 0 Å². The van der Waals surface area contributed by atoms with Crippen molar-refractivity contribution >= 4 is 11.9 Å². The van der Waals surface area contributed by atoms with Gasteiger partial charge in [0.25, 0.3) is 0 Å². The summed E-state index contributed by atoms with van der Waals surface area (Å²) in [5, 5.41) is 2.79. The average Bonchev–Trinajstić information content (AvgIpc) is 2.24. The van der Waals surface area contributed by atoms with E-state index in [2.05, 4.69) is 5.32 Å². The highest BCUT2D eigenvalue weighted by atomic mass is 16.5. The molecule has 0 aliphatic heterocycles. The molecule has 1 N–H and O–H groups in total. The molecule has 0 aromatic rings. The number of nitrogens with one attached hydrogen (secondary N) is 1. The molecule has 1 atom stereocenters. The molecule has 1 amide bonds. The summed E-state index contributed by atoms with van der Waals surface area (Å²) in [5.41, 5.74) is 0. The van der Waals surface area contributed by atoms with Crippen LogP contribution in [0.4, 0.5) is 0 Å². The van der Waals surface area contributed by atoms with Crippen LogP contribution in [0.25, 0.3) is 0 Å². The summed E-state index contributed by atoms with van der Waals surface area (Å²) in [6, 6.07) is -0.323. The van der Waals surface area contributed by atoms with Crippen molar-refractivity contribution in [2.24, 2.45) is 0 Å². The Kier molecular flexibility index (Phi) is 7.54. The third-order valence-electron chi connectivity index (χ3n) is 2.27. The molecule has 0 aromatic carbocycles. The van der Waals surface area contributed by atoms with Gasteiger partial charge in [-0.3, -0.25) is 14.5 Å². The van der Waals surface area contributed by atoms with Gasteiger partial charge in [0.1, 0.15) is 0 Å². The van der Waals surface area contributed by atoms with Crippen LogP contribution in [-0.2, 0) is 14.3 Å². The van der Waals surface area contributed by atoms with Crippen molar-refractivity contribution < 1.29 is 14.3 Å². The van der Waals surface area contributed by atoms with Gasteiger partial charge < -0.3 is 10.1 Å². The molecule has 0 bridgehead atoms. The van der Waals surface area contributed by atoms with Crippen molar-refractivity contribution in [3.63, 3.8) is 0 Å². The van der Waals surface area contributed by atoms with Crippen LogP contribution in [0.1, 0.15) is 27.2 Å². The molecular formula is C11H22N2O3. The Morgan fingerprint density at radius 1 is 1.38 bits per heavy atom. The van der Waals surface area contributed by atoms with Gasteiger partial charge in [0.15, 0.2) is 0 Å². The number of ether oxygens (including phenoxy) is 1. The quantitative estimate of drug-likeness (QED) is 0.643. The van der Waals surface area contributed by atoms with Crippen molar-refractivity contribution in [3.05, 3.63) is 0 Å². The first-order valence-corrected chi connectivity index (χ1v) is 5.66. The minimum absolute atomic E-state index is 0.0614. The van der Waals surface area contributed by atoms with E-state index in [1.165, 1.54) is 0 Å². The third-order valence-corrected chi connectivity index (χ3v) is 2.27. The van der Waals surface area contributed by atoms with Gasteiger partial charge >= 0.3 is 5.97 Å². The summed E-state index contributed by atoms with van der Waals surface area (Å²) in [4.78, 5) is 24.4. The Morgan fingerprint density at radius 3 is 2.50 bits per heavy atom. The van der Waals surface area contributed by atoms with E-state index in [4.69, 9.17) is 4.74 Å². The van der Waals surface area contributed by atoms with Crippen molar-refractivity contribution in [3.8, 4) is 0 Å². The van der Waals surface area contributed by atoms with Gasteiger partial charge in [-0.1, -0.05) is 6.92 Å². The average molecular weight is 230 g/mol. The predicted molar refractivity (Wildman–Crippen MR) is 62.0 cm³/mol. The molecule has 5 heteroatoms. The summed E-state index contributed by atoms with van der Waals surface area (Å²) in [7, 11) is 1.73. The number of hydrogen-bond donors (Lipinski definition) is 1. The van der Waals surface area contributed by atoms with Crippen LogP contribution in [0.15, 0.2) is 0 Å². The standard InChI is InChI=1S/C11H22N2O3/c1-5-7-12-11(15)9(3)13(4)8-10(14)16-6-2/h9H,5-8H2,1-4H3,(H,12,15). The zero-order valence-electron chi connectivity index (χ0n) is 10.6. The van der Waals surface area contributed by atoms with E-state index in [0.29, 0.717) is 13.2 Å². The van der Waals surface area contributed by atoms with Crippen LogP contribution in [0.2, 0.25) is 0 Å². The van der Waals surface area contributed by atoms with E-state index < -0.39 is 0 Å². The van der Waals surface area contributed by atoms with Crippen molar-refractivity contribution in [1.29, 1.82) is 0 Å². The number of rotatable bonds is 7. The summed E-state index contributed by atoms with van der Waals surface area (Å²) < 4.78 is 4.81. The zero-order chi connectivity index (χ0) is 12.6. The lowest BCUT2D eigenvalue weighted by Gasteiger charge is -2.22. The Morgan fingerprint density at radius 2 is 2.00 bits per heavy atom. The molecule has 0 fully saturated rings. The largest absolute Gasteiger partial charge is 0.465 e. The lowest BCUT2D eigenvalue weighted by atomic mass is 10.2. The second kappa shape index (κ2) is 8.10. The molecule has 0 aliphatic carbocycles. The van der Waals surface area contributed by atoms with Gasteiger partial charge in [0.05, 0.1) is 19.2 Å². The number of nitrogens with zero attached hydrogens (tertiary/aromatic N) is 1. The minimum Gasteiger partial charge on any atom is -0.465 e. The number of amides is 1. The molecular weight excluding hydrogens is 208 g/mol. The topological polar surface area (TPSA) is 58.6 Å². The number of likely N-dealkylation sites (N-methyl/N-ethyl adjacent to an activating group) is 1. The van der Waals surface area contributed by atoms with Gasteiger partial charge in [0.2, 0.25) is 5.91 Å². The fourth-order valence-corrected chi connectivity index (χ4v) is 1.14. The highest BCUT2D eigenvalue weighted by Crippen LogP contribution is 1.96. The number of hydrogen-bond acceptors (Lipinski definition) is 4. The summed E-state index contributed by atoms with van der Waals surface area (Å²) in [5.74, 6) is -0.367. The van der Waals surface area contributed by atoms with E-state index in [1.807, 2.05) is 6.92 Å². The number of esters is 1. The highest BCUT2D eigenvalue weighted by Gasteiger charge is 2.19. The number of carbonyl (C=O) groups excluding carboxylic acids is 2. The van der Waals surface area contributed by atoms with Gasteiger partial charge in [-0.25, -0.2) is 0 Å². The summed E-state index contributed by atoms with van der Waals surface area (Å²) >= 11 is 0. The third kappa shape index (κ3) is 5.70. The Hall–Kier alpha value is -1.10. The van der Waals surface area contributed by atoms with E-state index in [-0.39, 0.29) is 24.5 Å². The molecule has 0 heterocycles. The number of carbonyl (C=O) groups is 2. The molecule has 0 aromatic heterocycles. The zero-order valence-corrected chi connectivity index (χ0v) is 10.6. The summed E-state index contributed by atoms with van der Waals surface area (Å²) in [6.07, 6.45) is 0.903. The SMILES string of the molecule is CCCNC(=O)C(C)N(C)CC(=O)OCC. The normalized spacial score (nSPS) is 12.3. The molecule has 5 nitrogen and oxygen atoms in total. The van der Waals surface area contributed by atoms with Crippen LogP contribution in [0.3, 0.4) is 0 Å². The molecule has 0 aliphatic rings. The van der Waals surface area contributed by atoms with E-state index in [0.717, 1.165) is 6.42 Å². The van der Waals surface area contributed by atoms with Crippen LogP contribution >= 0.6 is 0 Å². The first-order chi connectivity index (χ1) is 7.52. The molecule has 0 saturated carbocycles. The molecule has 0 spiro atoms. The van der Waals surface area contributed by atoms with Crippen molar-refractivity contribution in [2.75, 3.05) is 26.7 Å². The van der Waals surface area contributed by atoms with Crippen LogP contribution in [0.5, 0.6) is 0 Å².